The fourth-order valence-electron chi connectivity index (χ4n) is 1.49. The summed E-state index contributed by atoms with van der Waals surface area (Å²) in [5, 5.41) is 14.5. The van der Waals surface area contributed by atoms with Crippen molar-refractivity contribution in [2.75, 3.05) is 0 Å². The molecule has 0 heterocycles. The molecular formula is C12H8N4O2S. The van der Waals surface area contributed by atoms with Crippen LogP contribution in [0.15, 0.2) is 63.4 Å². The van der Waals surface area contributed by atoms with Crippen molar-refractivity contribution in [3.63, 3.8) is 0 Å². The highest BCUT2D eigenvalue weighted by molar-refractivity contribution is 7.99. The van der Waals surface area contributed by atoms with Crippen LogP contribution in [0.1, 0.15) is 0 Å². The lowest BCUT2D eigenvalue weighted by molar-refractivity contribution is -0.387. The summed E-state index contributed by atoms with van der Waals surface area (Å²) in [5.41, 5.74) is 8.98. The SMILES string of the molecule is [N-]=[N+]=Nc1ccccc1Sc1ccccc1[N+](=O)[O-]. The predicted molar refractivity (Wildman–Crippen MR) is 72.5 cm³/mol. The molecule has 2 rings (SSSR count). The van der Waals surface area contributed by atoms with Crippen LogP contribution in [0.4, 0.5) is 11.4 Å². The van der Waals surface area contributed by atoms with E-state index in [4.69, 9.17) is 5.53 Å². The van der Waals surface area contributed by atoms with Gasteiger partial charge in [-0.25, -0.2) is 0 Å². The van der Waals surface area contributed by atoms with Gasteiger partial charge in [-0.3, -0.25) is 10.1 Å². The maximum Gasteiger partial charge on any atom is 0.283 e. The minimum Gasteiger partial charge on any atom is -0.258 e. The van der Waals surface area contributed by atoms with E-state index in [0.29, 0.717) is 15.5 Å². The smallest absolute Gasteiger partial charge is 0.258 e. The quantitative estimate of drug-likeness (QED) is 0.266. The zero-order chi connectivity index (χ0) is 13.7. The number of hydrogen-bond acceptors (Lipinski definition) is 4. The highest BCUT2D eigenvalue weighted by Crippen LogP contribution is 2.39. The number of benzene rings is 2. The first-order valence-corrected chi connectivity index (χ1v) is 6.09. The van der Waals surface area contributed by atoms with Crippen LogP contribution in [-0.4, -0.2) is 4.92 Å². The Labute approximate surface area is 112 Å². The molecule has 19 heavy (non-hydrogen) atoms. The summed E-state index contributed by atoms with van der Waals surface area (Å²) in [6, 6.07) is 13.4. The Bertz CT molecular complexity index is 625. The number of hydrogen-bond donors (Lipinski definition) is 0. The van der Waals surface area contributed by atoms with E-state index in [1.54, 1.807) is 42.5 Å². The second-order valence-corrected chi connectivity index (χ2v) is 4.57. The molecular weight excluding hydrogens is 264 g/mol. The first-order valence-electron chi connectivity index (χ1n) is 5.28. The molecule has 0 aliphatic heterocycles. The third kappa shape index (κ3) is 3.04. The Morgan fingerprint density at radius 1 is 1.11 bits per heavy atom. The van der Waals surface area contributed by atoms with Gasteiger partial charge >= 0.3 is 0 Å². The maximum atomic E-state index is 10.9. The molecule has 0 bridgehead atoms. The summed E-state index contributed by atoms with van der Waals surface area (Å²) in [6.45, 7) is 0. The van der Waals surface area contributed by atoms with Gasteiger partial charge in [0.25, 0.3) is 5.69 Å². The van der Waals surface area contributed by atoms with Crippen molar-refractivity contribution in [3.8, 4) is 0 Å². The van der Waals surface area contributed by atoms with Crippen molar-refractivity contribution < 1.29 is 4.92 Å². The van der Waals surface area contributed by atoms with Crippen molar-refractivity contribution in [1.82, 2.24) is 0 Å². The zero-order valence-corrected chi connectivity index (χ0v) is 10.4. The lowest BCUT2D eigenvalue weighted by Gasteiger charge is -2.05. The monoisotopic (exact) mass is 272 g/mol. The minimum atomic E-state index is -0.432. The summed E-state index contributed by atoms with van der Waals surface area (Å²) < 4.78 is 0. The normalized spacial score (nSPS) is 9.68. The van der Waals surface area contributed by atoms with Crippen LogP contribution in [0.25, 0.3) is 10.4 Å². The molecule has 0 aromatic heterocycles. The van der Waals surface area contributed by atoms with Crippen molar-refractivity contribution in [1.29, 1.82) is 0 Å². The highest BCUT2D eigenvalue weighted by Gasteiger charge is 2.14. The standard InChI is InChI=1S/C12H8N4O2S/c13-15-14-9-5-1-3-7-11(9)19-12-8-4-2-6-10(12)16(17)18/h1-8H. The van der Waals surface area contributed by atoms with Crippen LogP contribution in [-0.2, 0) is 0 Å². The number of rotatable bonds is 4. The third-order valence-corrected chi connectivity index (χ3v) is 3.43. The van der Waals surface area contributed by atoms with Gasteiger partial charge in [-0.1, -0.05) is 47.2 Å². The molecule has 0 atom stereocenters. The van der Waals surface area contributed by atoms with Crippen LogP contribution >= 0.6 is 11.8 Å². The van der Waals surface area contributed by atoms with Crippen LogP contribution < -0.4 is 0 Å². The lowest BCUT2D eigenvalue weighted by Crippen LogP contribution is -1.89. The fraction of sp³-hybridized carbons (Fsp3) is 0. The van der Waals surface area contributed by atoms with Gasteiger partial charge in [-0.15, -0.1) is 0 Å². The van der Waals surface area contributed by atoms with Crippen LogP contribution in [0.3, 0.4) is 0 Å². The van der Waals surface area contributed by atoms with Gasteiger partial charge in [-0.2, -0.15) is 0 Å². The summed E-state index contributed by atoms with van der Waals surface area (Å²) in [5.74, 6) is 0. The van der Waals surface area contributed by atoms with Crippen molar-refractivity contribution in [3.05, 3.63) is 69.1 Å². The van der Waals surface area contributed by atoms with Gasteiger partial charge < -0.3 is 0 Å². The Morgan fingerprint density at radius 2 is 1.74 bits per heavy atom. The van der Waals surface area contributed by atoms with E-state index in [1.165, 1.54) is 17.8 Å². The number of nitrogens with zero attached hydrogens (tertiary/aromatic N) is 4. The molecule has 0 saturated carbocycles. The maximum absolute atomic E-state index is 10.9. The molecule has 0 N–H and O–H groups in total. The minimum absolute atomic E-state index is 0.0308. The van der Waals surface area contributed by atoms with Gasteiger partial charge in [-0.05, 0) is 17.7 Å². The van der Waals surface area contributed by atoms with Crippen molar-refractivity contribution >= 4 is 23.1 Å². The molecule has 0 fully saturated rings. The van der Waals surface area contributed by atoms with E-state index in [1.807, 2.05) is 0 Å². The van der Waals surface area contributed by atoms with Crippen LogP contribution in [0, 0.1) is 10.1 Å². The second kappa shape index (κ2) is 5.90. The largest absolute Gasteiger partial charge is 0.283 e. The molecule has 2 aromatic rings. The Kier molecular flexibility index (Phi) is 4.02. The van der Waals surface area contributed by atoms with E-state index in [-0.39, 0.29) is 5.69 Å². The van der Waals surface area contributed by atoms with E-state index in [0.717, 1.165) is 0 Å². The fourth-order valence-corrected chi connectivity index (χ4v) is 2.48. The Hall–Kier alpha value is -2.50. The van der Waals surface area contributed by atoms with Crippen molar-refractivity contribution in [2.45, 2.75) is 9.79 Å². The lowest BCUT2D eigenvalue weighted by atomic mass is 10.3. The molecule has 0 aliphatic rings. The Morgan fingerprint density at radius 3 is 2.42 bits per heavy atom. The first-order chi connectivity index (χ1) is 9.22. The molecule has 0 spiro atoms. The Balaban J connectivity index is 2.42. The molecule has 0 aliphatic carbocycles. The molecule has 7 heteroatoms. The van der Waals surface area contributed by atoms with E-state index in [2.05, 4.69) is 10.0 Å². The summed E-state index contributed by atoms with van der Waals surface area (Å²) in [7, 11) is 0. The third-order valence-electron chi connectivity index (χ3n) is 2.30. The number of azide groups is 1. The summed E-state index contributed by atoms with van der Waals surface area (Å²) in [6.07, 6.45) is 0. The average Bonchev–Trinajstić information content (AvgIpc) is 2.42. The predicted octanol–water partition coefficient (Wildman–Crippen LogP) is 4.69. The zero-order valence-electron chi connectivity index (χ0n) is 9.63. The molecule has 0 saturated heterocycles. The highest BCUT2D eigenvalue weighted by atomic mass is 32.2. The average molecular weight is 272 g/mol. The van der Waals surface area contributed by atoms with Gasteiger partial charge in [0.2, 0.25) is 0 Å². The first kappa shape index (κ1) is 12.9. The second-order valence-electron chi connectivity index (χ2n) is 3.48. The number of nitro benzene ring substituents is 1. The summed E-state index contributed by atoms with van der Waals surface area (Å²) >= 11 is 1.20. The van der Waals surface area contributed by atoms with E-state index in [9.17, 15) is 10.1 Å². The summed E-state index contributed by atoms with van der Waals surface area (Å²) in [4.78, 5) is 14.4. The van der Waals surface area contributed by atoms with Gasteiger partial charge in [0, 0.05) is 15.9 Å². The topological polar surface area (TPSA) is 91.9 Å². The van der Waals surface area contributed by atoms with Crippen LogP contribution in [0.2, 0.25) is 0 Å². The molecule has 94 valence electrons. The number of para-hydroxylation sites is 1. The van der Waals surface area contributed by atoms with Crippen molar-refractivity contribution in [2.24, 2.45) is 5.11 Å². The van der Waals surface area contributed by atoms with E-state index >= 15 is 0 Å². The molecule has 0 unspecified atom stereocenters. The van der Waals surface area contributed by atoms with Gasteiger partial charge in [0.15, 0.2) is 0 Å². The number of nitro groups is 1. The molecule has 2 aromatic carbocycles. The van der Waals surface area contributed by atoms with Gasteiger partial charge in [0.1, 0.15) is 0 Å². The van der Waals surface area contributed by atoms with Gasteiger partial charge in [0.05, 0.1) is 15.5 Å². The molecule has 0 radical (unpaired) electrons. The molecule has 0 amide bonds. The van der Waals surface area contributed by atoms with Crippen LogP contribution in [0.5, 0.6) is 0 Å². The molecule has 6 nitrogen and oxygen atoms in total. The van der Waals surface area contributed by atoms with E-state index < -0.39 is 4.92 Å².